The highest BCUT2D eigenvalue weighted by Crippen LogP contribution is 2.24. The monoisotopic (exact) mass is 310 g/mol. The first-order valence-electron chi connectivity index (χ1n) is 7.63. The van der Waals surface area contributed by atoms with Crippen LogP contribution in [0.25, 0.3) is 10.8 Å². The van der Waals surface area contributed by atoms with Gasteiger partial charge in [0.05, 0.1) is 0 Å². The Hall–Kier alpha value is -2.39. The highest BCUT2D eigenvalue weighted by atomic mass is 16.6. The second-order valence-corrected chi connectivity index (χ2v) is 5.33. The molecule has 0 amide bonds. The van der Waals surface area contributed by atoms with Crippen LogP contribution in [0.2, 0.25) is 0 Å². The van der Waals surface area contributed by atoms with E-state index in [9.17, 15) is 4.79 Å². The molecule has 0 N–H and O–H groups in total. The van der Waals surface area contributed by atoms with E-state index in [2.05, 4.69) is 13.2 Å². The van der Waals surface area contributed by atoms with Crippen LogP contribution >= 0.6 is 0 Å². The van der Waals surface area contributed by atoms with Crippen LogP contribution < -0.4 is 0 Å². The molecule has 0 fully saturated rings. The van der Waals surface area contributed by atoms with Crippen molar-refractivity contribution >= 4 is 16.7 Å². The van der Waals surface area contributed by atoms with Gasteiger partial charge in [0, 0.05) is 20.0 Å². The van der Waals surface area contributed by atoms with E-state index in [1.807, 2.05) is 42.5 Å². The molecule has 0 aliphatic heterocycles. The molecule has 1 unspecified atom stereocenters. The van der Waals surface area contributed by atoms with Gasteiger partial charge in [-0.05, 0) is 22.4 Å². The summed E-state index contributed by atoms with van der Waals surface area (Å²) in [4.78, 5) is 12.5. The zero-order chi connectivity index (χ0) is 16.7. The van der Waals surface area contributed by atoms with Gasteiger partial charge < -0.3 is 9.47 Å². The third kappa shape index (κ3) is 4.30. The third-order valence-electron chi connectivity index (χ3n) is 3.67. The third-order valence-corrected chi connectivity index (χ3v) is 3.67. The molecule has 2 rings (SSSR count). The number of benzene rings is 2. The number of carbonyl (C=O) groups excluding carboxylic acids is 1. The second-order valence-electron chi connectivity index (χ2n) is 5.33. The topological polar surface area (TPSA) is 35.5 Å². The van der Waals surface area contributed by atoms with Crippen molar-refractivity contribution in [1.82, 2.24) is 0 Å². The van der Waals surface area contributed by atoms with Crippen LogP contribution in [0.3, 0.4) is 0 Å². The standard InChI is InChI=1S/C20H22O3/c1-4-8-18(9-5-2)23-20(21)19(22-3)17-13-12-15-10-6-7-11-16(15)14-17/h4-7,10-14,18-19H,1-2,8-9H2,3H3. The molecule has 3 nitrogen and oxygen atoms in total. The van der Waals surface area contributed by atoms with Gasteiger partial charge in [0.1, 0.15) is 6.10 Å². The summed E-state index contributed by atoms with van der Waals surface area (Å²) in [6, 6.07) is 13.8. The molecular weight excluding hydrogens is 288 g/mol. The van der Waals surface area contributed by atoms with Crippen molar-refractivity contribution in [2.24, 2.45) is 0 Å². The SMILES string of the molecule is C=CCC(CC=C)OC(=O)C(OC)c1ccc2ccccc2c1. The molecule has 0 spiro atoms. The molecule has 2 aromatic carbocycles. The first kappa shape index (κ1) is 17.0. The minimum absolute atomic E-state index is 0.254. The van der Waals surface area contributed by atoms with Gasteiger partial charge in [-0.25, -0.2) is 4.79 Å². The first-order chi connectivity index (χ1) is 11.2. The molecular formula is C20H22O3. The van der Waals surface area contributed by atoms with Crippen LogP contribution in [-0.4, -0.2) is 19.2 Å². The van der Waals surface area contributed by atoms with Crippen LogP contribution in [0, 0.1) is 0 Å². The largest absolute Gasteiger partial charge is 0.460 e. The molecule has 0 aromatic heterocycles. The predicted molar refractivity (Wildman–Crippen MR) is 93.2 cm³/mol. The highest BCUT2D eigenvalue weighted by Gasteiger charge is 2.24. The van der Waals surface area contributed by atoms with Crippen molar-refractivity contribution in [1.29, 1.82) is 0 Å². The first-order valence-corrected chi connectivity index (χ1v) is 7.63. The number of esters is 1. The minimum Gasteiger partial charge on any atom is -0.460 e. The Morgan fingerprint density at radius 2 is 1.74 bits per heavy atom. The number of hydrogen-bond donors (Lipinski definition) is 0. The number of carbonyl (C=O) groups is 1. The smallest absolute Gasteiger partial charge is 0.340 e. The summed E-state index contributed by atoms with van der Waals surface area (Å²) in [5.74, 6) is -0.392. The molecule has 0 saturated heterocycles. The average Bonchev–Trinajstić information content (AvgIpc) is 2.56. The molecule has 0 saturated carbocycles. The van der Waals surface area contributed by atoms with Crippen LogP contribution in [-0.2, 0) is 14.3 Å². The summed E-state index contributed by atoms with van der Waals surface area (Å²) in [6.45, 7) is 7.38. The second kappa shape index (κ2) is 8.30. The van der Waals surface area contributed by atoms with Crippen molar-refractivity contribution in [3.05, 3.63) is 73.3 Å². The van der Waals surface area contributed by atoms with Gasteiger partial charge in [0.25, 0.3) is 0 Å². The quantitative estimate of drug-likeness (QED) is 0.528. The van der Waals surface area contributed by atoms with E-state index < -0.39 is 12.1 Å². The Balaban J connectivity index is 2.20. The van der Waals surface area contributed by atoms with Gasteiger partial charge >= 0.3 is 5.97 Å². The van der Waals surface area contributed by atoms with Crippen molar-refractivity contribution in [3.8, 4) is 0 Å². The number of ether oxygens (including phenoxy) is 2. The zero-order valence-electron chi connectivity index (χ0n) is 13.4. The highest BCUT2D eigenvalue weighted by molar-refractivity contribution is 5.85. The van der Waals surface area contributed by atoms with Gasteiger partial charge in [0.2, 0.25) is 0 Å². The maximum absolute atomic E-state index is 12.5. The molecule has 2 aromatic rings. The Bertz CT molecular complexity index is 680. The van der Waals surface area contributed by atoms with E-state index in [0.717, 1.165) is 16.3 Å². The summed E-state index contributed by atoms with van der Waals surface area (Å²) >= 11 is 0. The lowest BCUT2D eigenvalue weighted by Gasteiger charge is -2.20. The van der Waals surface area contributed by atoms with Crippen molar-refractivity contribution in [3.63, 3.8) is 0 Å². The molecule has 1 atom stereocenters. The summed E-state index contributed by atoms with van der Waals surface area (Å²) in [6.07, 6.45) is 3.66. The van der Waals surface area contributed by atoms with Gasteiger partial charge in [-0.2, -0.15) is 0 Å². The number of rotatable bonds is 8. The van der Waals surface area contributed by atoms with Crippen LogP contribution in [0.1, 0.15) is 24.5 Å². The Kier molecular flexibility index (Phi) is 6.12. The van der Waals surface area contributed by atoms with Crippen LogP contribution in [0.15, 0.2) is 67.8 Å². The summed E-state index contributed by atoms with van der Waals surface area (Å²) in [5.41, 5.74) is 0.784. The maximum atomic E-state index is 12.5. The summed E-state index contributed by atoms with van der Waals surface area (Å²) in [7, 11) is 1.51. The number of methoxy groups -OCH3 is 1. The molecule has 0 bridgehead atoms. The fraction of sp³-hybridized carbons (Fsp3) is 0.250. The Morgan fingerprint density at radius 3 is 2.35 bits per heavy atom. The fourth-order valence-corrected chi connectivity index (χ4v) is 2.53. The van der Waals surface area contributed by atoms with Gasteiger partial charge in [-0.1, -0.05) is 48.6 Å². The van der Waals surface area contributed by atoms with Crippen molar-refractivity contribution < 1.29 is 14.3 Å². The van der Waals surface area contributed by atoms with E-state index in [1.54, 1.807) is 12.2 Å². The lowest BCUT2D eigenvalue weighted by atomic mass is 10.0. The molecule has 3 heteroatoms. The van der Waals surface area contributed by atoms with E-state index in [0.29, 0.717) is 12.8 Å². The lowest BCUT2D eigenvalue weighted by Crippen LogP contribution is -2.23. The van der Waals surface area contributed by atoms with E-state index >= 15 is 0 Å². The molecule has 0 heterocycles. The molecule has 0 aliphatic rings. The number of hydrogen-bond acceptors (Lipinski definition) is 3. The Labute approximate surface area is 137 Å². The van der Waals surface area contributed by atoms with Gasteiger partial charge in [-0.15, -0.1) is 13.2 Å². The normalized spacial score (nSPS) is 12.1. The van der Waals surface area contributed by atoms with E-state index in [4.69, 9.17) is 9.47 Å². The van der Waals surface area contributed by atoms with Crippen LogP contribution in [0.4, 0.5) is 0 Å². The Morgan fingerprint density at radius 1 is 1.09 bits per heavy atom. The molecule has 0 aliphatic carbocycles. The zero-order valence-corrected chi connectivity index (χ0v) is 13.4. The number of fused-ring (bicyclic) bond motifs is 1. The van der Waals surface area contributed by atoms with Crippen LogP contribution in [0.5, 0.6) is 0 Å². The van der Waals surface area contributed by atoms with Crippen molar-refractivity contribution in [2.45, 2.75) is 25.0 Å². The molecule has 120 valence electrons. The van der Waals surface area contributed by atoms with Crippen molar-refractivity contribution in [2.75, 3.05) is 7.11 Å². The van der Waals surface area contributed by atoms with Gasteiger partial charge in [0.15, 0.2) is 6.10 Å². The lowest BCUT2D eigenvalue weighted by molar-refractivity contribution is -0.161. The molecule has 23 heavy (non-hydrogen) atoms. The molecule has 0 radical (unpaired) electrons. The maximum Gasteiger partial charge on any atom is 0.340 e. The van der Waals surface area contributed by atoms with Gasteiger partial charge in [-0.3, -0.25) is 0 Å². The average molecular weight is 310 g/mol. The fourth-order valence-electron chi connectivity index (χ4n) is 2.53. The minimum atomic E-state index is -0.739. The van der Waals surface area contributed by atoms with E-state index in [1.165, 1.54) is 7.11 Å². The summed E-state index contributed by atoms with van der Waals surface area (Å²) in [5, 5.41) is 2.18. The summed E-state index contributed by atoms with van der Waals surface area (Å²) < 4.78 is 10.9. The predicted octanol–water partition coefficient (Wildman–Crippen LogP) is 4.59. The van der Waals surface area contributed by atoms with E-state index in [-0.39, 0.29) is 6.10 Å².